The van der Waals surface area contributed by atoms with Crippen molar-refractivity contribution in [3.8, 4) is 0 Å². The summed E-state index contributed by atoms with van der Waals surface area (Å²) in [5, 5.41) is 4.25. The summed E-state index contributed by atoms with van der Waals surface area (Å²) in [5.74, 6) is 0.243. The van der Waals surface area contributed by atoms with Crippen LogP contribution in [0.25, 0.3) is 0 Å². The minimum atomic E-state index is 0.243. The maximum Gasteiger partial charge on any atom is 0.223 e. The van der Waals surface area contributed by atoms with Crippen molar-refractivity contribution in [1.82, 2.24) is 19.6 Å². The molecule has 128 valence electrons. The first-order chi connectivity index (χ1) is 11.6. The second-order valence-corrected chi connectivity index (χ2v) is 6.63. The fraction of sp³-hybridized carbons (Fsp3) is 0.474. The maximum absolute atomic E-state index is 12.7. The molecule has 2 heterocycles. The second kappa shape index (κ2) is 7.18. The third-order valence-corrected chi connectivity index (χ3v) is 5.13. The topological polar surface area (TPSA) is 41.4 Å². The molecule has 0 unspecified atom stereocenters. The highest BCUT2D eigenvalue weighted by atomic mass is 16.2. The number of carbonyl (C=O) groups is 1. The Balaban J connectivity index is 1.62. The molecule has 3 rings (SSSR count). The molecule has 5 heteroatoms. The highest BCUT2D eigenvalue weighted by Gasteiger charge is 2.28. The van der Waals surface area contributed by atoms with E-state index in [1.165, 1.54) is 11.1 Å². The van der Waals surface area contributed by atoms with Crippen molar-refractivity contribution in [3.63, 3.8) is 0 Å². The summed E-state index contributed by atoms with van der Waals surface area (Å²) in [7, 11) is 4.07. The van der Waals surface area contributed by atoms with Crippen molar-refractivity contribution in [2.24, 2.45) is 7.05 Å². The molecule has 1 aromatic carbocycles. The molecule has 0 saturated carbocycles. The quantitative estimate of drug-likeness (QED) is 0.865. The second-order valence-electron chi connectivity index (χ2n) is 6.63. The van der Waals surface area contributed by atoms with Gasteiger partial charge in [-0.05, 0) is 31.5 Å². The lowest BCUT2D eigenvalue weighted by molar-refractivity contribution is -0.134. The zero-order valence-electron chi connectivity index (χ0n) is 14.8. The molecule has 1 aromatic heterocycles. The van der Waals surface area contributed by atoms with E-state index in [1.807, 2.05) is 35.8 Å². The zero-order valence-corrected chi connectivity index (χ0v) is 14.8. The van der Waals surface area contributed by atoms with E-state index in [0.29, 0.717) is 6.42 Å². The van der Waals surface area contributed by atoms with Gasteiger partial charge >= 0.3 is 0 Å². The largest absolute Gasteiger partial charge is 0.339 e. The van der Waals surface area contributed by atoms with Crippen LogP contribution in [-0.2, 0) is 18.3 Å². The summed E-state index contributed by atoms with van der Waals surface area (Å²) in [6, 6.07) is 10.7. The van der Waals surface area contributed by atoms with Gasteiger partial charge in [0.25, 0.3) is 0 Å². The monoisotopic (exact) mass is 326 g/mol. The van der Waals surface area contributed by atoms with E-state index in [0.717, 1.165) is 31.7 Å². The normalized spacial score (nSPS) is 18.8. The molecule has 0 spiro atoms. The summed E-state index contributed by atoms with van der Waals surface area (Å²) in [6.45, 7) is 4.54. The van der Waals surface area contributed by atoms with Gasteiger partial charge in [0.2, 0.25) is 5.91 Å². The number of hydrogen-bond acceptors (Lipinski definition) is 3. The van der Waals surface area contributed by atoms with Crippen LogP contribution in [0.15, 0.2) is 36.5 Å². The third-order valence-electron chi connectivity index (χ3n) is 5.13. The molecule has 0 N–H and O–H groups in total. The standard InChI is InChI=1S/C19H26N4O/c1-15-17(13-20-22(15)3)9-10-19(24)23-12-11-21(2)18(14-23)16-7-5-4-6-8-16/h4-8,13,18H,9-12,14H2,1-3H3/t18-/m0/s1. The predicted molar refractivity (Wildman–Crippen MR) is 94.7 cm³/mol. The van der Waals surface area contributed by atoms with Gasteiger partial charge in [0, 0.05) is 38.8 Å². The van der Waals surface area contributed by atoms with Crippen molar-refractivity contribution >= 4 is 5.91 Å². The number of likely N-dealkylation sites (N-methyl/N-ethyl adjacent to an activating group) is 1. The lowest BCUT2D eigenvalue weighted by Crippen LogP contribution is -2.49. The molecule has 1 amide bonds. The van der Waals surface area contributed by atoms with Gasteiger partial charge in [-0.3, -0.25) is 14.4 Å². The molecule has 5 nitrogen and oxygen atoms in total. The molecule has 0 bridgehead atoms. The molecule has 1 fully saturated rings. The van der Waals surface area contributed by atoms with Gasteiger partial charge in [0.1, 0.15) is 0 Å². The maximum atomic E-state index is 12.7. The van der Waals surface area contributed by atoms with Gasteiger partial charge in [-0.2, -0.15) is 5.10 Å². The van der Waals surface area contributed by atoms with Crippen molar-refractivity contribution in [1.29, 1.82) is 0 Å². The van der Waals surface area contributed by atoms with Crippen LogP contribution in [0, 0.1) is 6.92 Å². The first-order valence-electron chi connectivity index (χ1n) is 8.56. The molecule has 1 saturated heterocycles. The minimum Gasteiger partial charge on any atom is -0.339 e. The molecule has 2 aromatic rings. The fourth-order valence-electron chi connectivity index (χ4n) is 3.32. The van der Waals surface area contributed by atoms with Gasteiger partial charge in [-0.15, -0.1) is 0 Å². The van der Waals surface area contributed by atoms with Gasteiger partial charge in [-0.1, -0.05) is 30.3 Å². The Morgan fingerprint density at radius 3 is 2.62 bits per heavy atom. The highest BCUT2D eigenvalue weighted by molar-refractivity contribution is 5.76. The van der Waals surface area contributed by atoms with Gasteiger partial charge in [-0.25, -0.2) is 0 Å². The zero-order chi connectivity index (χ0) is 17.1. The minimum absolute atomic E-state index is 0.243. The van der Waals surface area contributed by atoms with Crippen LogP contribution < -0.4 is 0 Å². The van der Waals surface area contributed by atoms with Gasteiger partial charge in [0.05, 0.1) is 12.2 Å². The average Bonchev–Trinajstić information content (AvgIpc) is 2.92. The number of carbonyl (C=O) groups excluding carboxylic acids is 1. The van der Waals surface area contributed by atoms with E-state index in [-0.39, 0.29) is 11.9 Å². The Kier molecular flexibility index (Phi) is 5.00. The molecule has 1 atom stereocenters. The molecule has 0 aliphatic carbocycles. The van der Waals surface area contributed by atoms with Gasteiger partial charge < -0.3 is 4.90 Å². The lowest BCUT2D eigenvalue weighted by Gasteiger charge is -2.39. The number of rotatable bonds is 4. The highest BCUT2D eigenvalue weighted by Crippen LogP contribution is 2.24. The predicted octanol–water partition coefficient (Wildman–Crippen LogP) is 2.18. The molecule has 1 aliphatic heterocycles. The molecule has 0 radical (unpaired) electrons. The summed E-state index contributed by atoms with van der Waals surface area (Å²) >= 11 is 0. The Labute approximate surface area is 143 Å². The van der Waals surface area contributed by atoms with Crippen molar-refractivity contribution < 1.29 is 4.79 Å². The molecular formula is C19H26N4O. The molecular weight excluding hydrogens is 300 g/mol. The van der Waals surface area contributed by atoms with Crippen LogP contribution in [0.2, 0.25) is 0 Å². The Hall–Kier alpha value is -2.14. The Morgan fingerprint density at radius 2 is 1.96 bits per heavy atom. The van der Waals surface area contributed by atoms with Crippen LogP contribution >= 0.6 is 0 Å². The Bertz CT molecular complexity index is 695. The summed E-state index contributed by atoms with van der Waals surface area (Å²) < 4.78 is 1.86. The number of aryl methyl sites for hydroxylation is 2. The Morgan fingerprint density at radius 1 is 1.21 bits per heavy atom. The van der Waals surface area contributed by atoms with E-state index in [2.05, 4.69) is 41.3 Å². The first kappa shape index (κ1) is 16.7. The van der Waals surface area contributed by atoms with E-state index < -0.39 is 0 Å². The van der Waals surface area contributed by atoms with E-state index in [4.69, 9.17) is 0 Å². The SMILES string of the molecule is Cc1c(CCC(=O)N2CCN(C)[C@H](c3ccccc3)C2)cnn1C. The van der Waals surface area contributed by atoms with Crippen LogP contribution in [0.3, 0.4) is 0 Å². The number of hydrogen-bond donors (Lipinski definition) is 0. The van der Waals surface area contributed by atoms with Crippen LogP contribution in [-0.4, -0.2) is 52.2 Å². The lowest BCUT2D eigenvalue weighted by atomic mass is 10.0. The third kappa shape index (κ3) is 3.51. The summed E-state index contributed by atoms with van der Waals surface area (Å²) in [5.41, 5.74) is 3.59. The summed E-state index contributed by atoms with van der Waals surface area (Å²) in [4.78, 5) is 17.0. The van der Waals surface area contributed by atoms with E-state index in [1.54, 1.807) is 0 Å². The van der Waals surface area contributed by atoms with Crippen molar-refractivity contribution in [2.75, 3.05) is 26.7 Å². The van der Waals surface area contributed by atoms with E-state index in [9.17, 15) is 4.79 Å². The van der Waals surface area contributed by atoms with Crippen molar-refractivity contribution in [3.05, 3.63) is 53.3 Å². The smallest absolute Gasteiger partial charge is 0.223 e. The molecule has 24 heavy (non-hydrogen) atoms. The number of piperazine rings is 1. The number of aromatic nitrogens is 2. The van der Waals surface area contributed by atoms with Crippen LogP contribution in [0.4, 0.5) is 0 Å². The summed E-state index contributed by atoms with van der Waals surface area (Å²) in [6.07, 6.45) is 3.19. The van der Waals surface area contributed by atoms with Gasteiger partial charge in [0.15, 0.2) is 0 Å². The number of amides is 1. The number of nitrogens with zero attached hydrogens (tertiary/aromatic N) is 4. The number of benzene rings is 1. The molecule has 1 aliphatic rings. The van der Waals surface area contributed by atoms with E-state index >= 15 is 0 Å². The van der Waals surface area contributed by atoms with Crippen LogP contribution in [0.5, 0.6) is 0 Å². The first-order valence-corrected chi connectivity index (χ1v) is 8.56. The average molecular weight is 326 g/mol. The fourth-order valence-corrected chi connectivity index (χ4v) is 3.32. The van der Waals surface area contributed by atoms with Crippen molar-refractivity contribution in [2.45, 2.75) is 25.8 Å². The van der Waals surface area contributed by atoms with Crippen LogP contribution in [0.1, 0.15) is 29.3 Å².